The Balaban J connectivity index is 1.29. The molecule has 3 aliphatic carbocycles. The third-order valence-electron chi connectivity index (χ3n) is 18.5. The van der Waals surface area contributed by atoms with Gasteiger partial charge in [0.1, 0.15) is 0 Å². The van der Waals surface area contributed by atoms with Gasteiger partial charge in [-0.05, 0) is 198 Å². The molecule has 2 heterocycles. The van der Waals surface area contributed by atoms with E-state index in [0.717, 1.165) is 0 Å². The average Bonchev–Trinajstić information content (AvgIpc) is 3.27. The maximum Gasteiger partial charge on any atom is 0.252 e. The van der Waals surface area contributed by atoms with Gasteiger partial charge in [0, 0.05) is 34.1 Å². The molecule has 0 saturated heterocycles. The molecule has 2 aliphatic heterocycles. The summed E-state index contributed by atoms with van der Waals surface area (Å²) in [6.07, 6.45) is 7.13. The summed E-state index contributed by atoms with van der Waals surface area (Å²) in [5, 5.41) is 0. The van der Waals surface area contributed by atoms with E-state index >= 15 is 0 Å². The van der Waals surface area contributed by atoms with Crippen LogP contribution in [0.2, 0.25) is 0 Å². The minimum absolute atomic E-state index is 0.0302. The lowest BCUT2D eigenvalue weighted by Gasteiger charge is -2.49. The van der Waals surface area contributed by atoms with E-state index < -0.39 is 0 Å². The minimum Gasteiger partial charge on any atom is -0.311 e. The lowest BCUT2D eigenvalue weighted by atomic mass is 9.33. The van der Waals surface area contributed by atoms with Crippen molar-refractivity contribution in [3.63, 3.8) is 0 Å². The highest BCUT2D eigenvalue weighted by molar-refractivity contribution is 7.00. The zero-order valence-electron chi connectivity index (χ0n) is 44.5. The Hall–Kier alpha value is -5.02. The first-order chi connectivity index (χ1) is 31.7. The van der Waals surface area contributed by atoms with E-state index in [1.807, 2.05) is 0 Å². The number of fused-ring (bicyclic) bond motifs is 7. The van der Waals surface area contributed by atoms with Crippen molar-refractivity contribution >= 4 is 57.2 Å². The molecule has 0 unspecified atom stereocenters. The van der Waals surface area contributed by atoms with E-state index in [4.69, 9.17) is 0 Å². The highest BCUT2D eigenvalue weighted by atomic mass is 15.2. The molecule has 0 saturated carbocycles. The van der Waals surface area contributed by atoms with E-state index in [9.17, 15) is 0 Å². The molecule has 0 amide bonds. The first-order valence-corrected chi connectivity index (χ1v) is 26.2. The number of nitrogens with zero attached hydrogens (tertiary/aromatic N) is 2. The molecule has 3 heteroatoms. The summed E-state index contributed by atoms with van der Waals surface area (Å²) in [7, 11) is 0. The normalized spacial score (nSPS) is 20.6. The molecule has 0 atom stereocenters. The zero-order valence-corrected chi connectivity index (χ0v) is 44.5. The van der Waals surface area contributed by atoms with Gasteiger partial charge in [-0.15, -0.1) is 0 Å². The quantitative estimate of drug-likeness (QED) is 0.163. The second-order valence-corrected chi connectivity index (χ2v) is 27.1. The first-order valence-electron chi connectivity index (χ1n) is 26.2. The average molecular weight is 897 g/mol. The van der Waals surface area contributed by atoms with Gasteiger partial charge >= 0.3 is 0 Å². The molecule has 0 aromatic heterocycles. The number of aryl methyl sites for hydroxylation is 1. The van der Waals surface area contributed by atoms with E-state index in [1.165, 1.54) is 145 Å². The summed E-state index contributed by atoms with van der Waals surface area (Å²) in [5.74, 6) is 0. The van der Waals surface area contributed by atoms with Crippen LogP contribution in [-0.2, 0) is 37.9 Å². The van der Waals surface area contributed by atoms with Crippen LogP contribution in [0.1, 0.15) is 187 Å². The molecule has 2 nitrogen and oxygen atoms in total. The zero-order chi connectivity index (χ0) is 48.5. The molecule has 0 N–H and O–H groups in total. The van der Waals surface area contributed by atoms with Gasteiger partial charge in [0.15, 0.2) is 0 Å². The summed E-state index contributed by atoms with van der Waals surface area (Å²) >= 11 is 0. The molecule has 350 valence electrons. The van der Waals surface area contributed by atoms with Gasteiger partial charge in [-0.1, -0.05) is 165 Å². The fourth-order valence-electron chi connectivity index (χ4n) is 13.5. The van der Waals surface area contributed by atoms with Crippen molar-refractivity contribution < 1.29 is 0 Å². The predicted molar refractivity (Wildman–Crippen MR) is 295 cm³/mol. The lowest BCUT2D eigenvalue weighted by molar-refractivity contribution is 0.331. The number of anilines is 6. The van der Waals surface area contributed by atoms with Crippen molar-refractivity contribution in [1.82, 2.24) is 0 Å². The fourth-order valence-corrected chi connectivity index (χ4v) is 13.5. The highest BCUT2D eigenvalue weighted by Gasteiger charge is 2.48. The van der Waals surface area contributed by atoms with Crippen LogP contribution < -0.4 is 26.2 Å². The Morgan fingerprint density at radius 3 is 1.43 bits per heavy atom. The fraction of sp³-hybridized carbons (Fsp3) is 0.446. The molecular formula is C65H77BN2. The van der Waals surface area contributed by atoms with E-state index in [0.29, 0.717) is 0 Å². The lowest BCUT2D eigenvalue weighted by Crippen LogP contribution is -2.62. The van der Waals surface area contributed by atoms with Crippen molar-refractivity contribution in [2.45, 2.75) is 187 Å². The number of hydrogen-bond donors (Lipinski definition) is 0. The molecule has 11 rings (SSSR count). The number of benzene rings is 6. The van der Waals surface area contributed by atoms with Gasteiger partial charge in [0.25, 0.3) is 6.71 Å². The summed E-state index contributed by atoms with van der Waals surface area (Å²) in [5.41, 5.74) is 26.8. The Kier molecular flexibility index (Phi) is 9.70. The molecule has 5 aliphatic rings. The Morgan fingerprint density at radius 1 is 0.397 bits per heavy atom. The predicted octanol–water partition coefficient (Wildman–Crippen LogP) is 16.1. The maximum atomic E-state index is 2.77. The molecule has 6 aromatic carbocycles. The van der Waals surface area contributed by atoms with Crippen molar-refractivity contribution in [3.05, 3.63) is 148 Å². The van der Waals surface area contributed by atoms with Crippen molar-refractivity contribution in [2.75, 3.05) is 9.80 Å². The van der Waals surface area contributed by atoms with Crippen molar-refractivity contribution in [1.29, 1.82) is 0 Å². The number of hydrogen-bond acceptors (Lipinski definition) is 2. The molecule has 0 radical (unpaired) electrons. The summed E-state index contributed by atoms with van der Waals surface area (Å²) in [4.78, 5) is 5.46. The molecular weight excluding hydrogens is 820 g/mol. The summed E-state index contributed by atoms with van der Waals surface area (Å²) in [6, 6.07) is 41.9. The van der Waals surface area contributed by atoms with Crippen LogP contribution in [0.3, 0.4) is 0 Å². The van der Waals surface area contributed by atoms with E-state index in [2.05, 4.69) is 224 Å². The summed E-state index contributed by atoms with van der Waals surface area (Å²) in [6.45, 7) is 39.4. The van der Waals surface area contributed by atoms with E-state index in [-0.39, 0.29) is 44.6 Å². The molecule has 0 spiro atoms. The molecule has 0 bridgehead atoms. The van der Waals surface area contributed by atoms with Crippen molar-refractivity contribution in [3.8, 4) is 11.1 Å². The van der Waals surface area contributed by atoms with Gasteiger partial charge in [0.05, 0.1) is 0 Å². The largest absolute Gasteiger partial charge is 0.311 e. The van der Waals surface area contributed by atoms with Crippen LogP contribution in [0.4, 0.5) is 34.1 Å². The van der Waals surface area contributed by atoms with Crippen LogP contribution in [0, 0.1) is 6.92 Å². The Morgan fingerprint density at radius 2 is 0.868 bits per heavy atom. The number of rotatable bonds is 3. The SMILES string of the molecule is Cc1cc2c(cc1N1c3cc4c(cc3B3c5cc(-c6ccccc6)ccc5N(c5ccc6c(c5)C(C)(C)CCC6(C)C)c5cc(C(C)(C)C)cc1c53)C(C)(C)CCC4(C)C)C(C)(C)CCC2(C)C. The maximum absolute atomic E-state index is 2.77. The molecule has 6 aromatic rings. The molecule has 0 fully saturated rings. The van der Waals surface area contributed by atoms with Gasteiger partial charge in [-0.3, -0.25) is 0 Å². The highest BCUT2D eigenvalue weighted by Crippen LogP contribution is 2.55. The smallest absolute Gasteiger partial charge is 0.252 e. The standard InChI is InChI=1S/C65H77BN2/c1-40-32-46-49(64(13,14)30-28-61(46,7)8)38-54(40)68-55-39-50-48(63(11,12)29-31-65(50,15)16)37-52(55)66-51-33-42(41-20-18-17-19-21-41)22-25-53(51)67(56-34-43(59(2,3)4)35-57(68)58(56)66)44-23-24-45-47(36-44)62(9,10)27-26-60(45,5)6/h17-25,32-39H,26-31H2,1-16H3. The minimum atomic E-state index is -0.100. The monoisotopic (exact) mass is 897 g/mol. The van der Waals surface area contributed by atoms with Crippen molar-refractivity contribution in [2.24, 2.45) is 0 Å². The summed E-state index contributed by atoms with van der Waals surface area (Å²) < 4.78 is 0. The molecule has 68 heavy (non-hydrogen) atoms. The van der Waals surface area contributed by atoms with Crippen LogP contribution in [0.25, 0.3) is 11.1 Å². The van der Waals surface area contributed by atoms with Crippen LogP contribution >= 0.6 is 0 Å². The Bertz CT molecular complexity index is 3080. The second-order valence-electron chi connectivity index (χ2n) is 27.1. The van der Waals surface area contributed by atoms with Crippen LogP contribution in [-0.4, -0.2) is 6.71 Å². The third kappa shape index (κ3) is 6.77. The van der Waals surface area contributed by atoms with Gasteiger partial charge < -0.3 is 9.80 Å². The topological polar surface area (TPSA) is 6.48 Å². The van der Waals surface area contributed by atoms with Gasteiger partial charge in [-0.25, -0.2) is 0 Å². The first kappa shape index (κ1) is 45.4. The second kappa shape index (κ2) is 14.5. The van der Waals surface area contributed by atoms with Crippen LogP contribution in [0.15, 0.2) is 103 Å². The third-order valence-corrected chi connectivity index (χ3v) is 18.5. The van der Waals surface area contributed by atoms with Gasteiger partial charge in [0.2, 0.25) is 0 Å². The van der Waals surface area contributed by atoms with Gasteiger partial charge in [-0.2, -0.15) is 0 Å². The van der Waals surface area contributed by atoms with Crippen LogP contribution in [0.5, 0.6) is 0 Å². The Labute approximate surface area is 411 Å². The van der Waals surface area contributed by atoms with E-state index in [1.54, 1.807) is 0 Å².